The van der Waals surface area contributed by atoms with Crippen molar-refractivity contribution in [3.8, 4) is 11.3 Å². The molecule has 170 valence electrons. The normalized spacial score (nSPS) is 15.2. The van der Waals surface area contributed by atoms with Crippen molar-refractivity contribution in [2.75, 3.05) is 26.2 Å². The number of hydrogen-bond acceptors (Lipinski definition) is 7. The molecule has 3 N–H and O–H groups in total. The van der Waals surface area contributed by atoms with E-state index in [1.165, 1.54) is 11.9 Å². The number of aromatic nitrogens is 5. The summed E-state index contributed by atoms with van der Waals surface area (Å²) in [4.78, 5) is 23.8. The Morgan fingerprint density at radius 3 is 2.70 bits per heavy atom. The van der Waals surface area contributed by atoms with Gasteiger partial charge in [0.1, 0.15) is 17.8 Å². The Bertz CT molecular complexity index is 1260. The van der Waals surface area contributed by atoms with Crippen molar-refractivity contribution in [3.05, 3.63) is 71.7 Å². The number of aromatic amines is 1. The van der Waals surface area contributed by atoms with Crippen LogP contribution in [0.25, 0.3) is 22.3 Å². The summed E-state index contributed by atoms with van der Waals surface area (Å²) < 4.78 is 0. The van der Waals surface area contributed by atoms with Crippen molar-refractivity contribution < 1.29 is 5.11 Å². The van der Waals surface area contributed by atoms with E-state index in [4.69, 9.17) is 4.98 Å². The Labute approximate surface area is 193 Å². The van der Waals surface area contributed by atoms with Crippen LogP contribution in [0.3, 0.4) is 0 Å². The molecule has 0 bridgehead atoms. The number of imidazole rings is 1. The van der Waals surface area contributed by atoms with Crippen LogP contribution >= 0.6 is 0 Å². The minimum Gasteiger partial charge on any atom is -0.384 e. The Morgan fingerprint density at radius 1 is 1.03 bits per heavy atom. The molecule has 5 rings (SSSR count). The van der Waals surface area contributed by atoms with Gasteiger partial charge in [-0.3, -0.25) is 9.88 Å². The first kappa shape index (κ1) is 21.6. The number of rotatable bonds is 6. The highest BCUT2D eigenvalue weighted by atomic mass is 16.3. The van der Waals surface area contributed by atoms with Crippen molar-refractivity contribution in [3.63, 3.8) is 0 Å². The van der Waals surface area contributed by atoms with Crippen LogP contribution in [0.5, 0.6) is 0 Å². The number of nitrogens with one attached hydrogen (secondary N) is 2. The Hall–Kier alpha value is -3.20. The van der Waals surface area contributed by atoms with E-state index in [2.05, 4.69) is 42.3 Å². The zero-order valence-electron chi connectivity index (χ0n) is 19.0. The smallest absolute Gasteiger partial charge is 0.116 e. The van der Waals surface area contributed by atoms with E-state index in [1.54, 1.807) is 13.8 Å². The van der Waals surface area contributed by atoms with Gasteiger partial charge in [-0.05, 0) is 49.7 Å². The number of nitrogens with zero attached hydrogens (tertiary/aromatic N) is 5. The topological polar surface area (TPSA) is 103 Å². The fourth-order valence-electron chi connectivity index (χ4n) is 4.18. The monoisotopic (exact) mass is 443 g/mol. The van der Waals surface area contributed by atoms with Crippen molar-refractivity contribution >= 4 is 11.0 Å². The largest absolute Gasteiger partial charge is 0.384 e. The summed E-state index contributed by atoms with van der Waals surface area (Å²) >= 11 is 0. The van der Waals surface area contributed by atoms with Crippen LogP contribution in [0.4, 0.5) is 0 Å². The lowest BCUT2D eigenvalue weighted by Gasteiger charge is -2.27. The molecule has 1 aliphatic heterocycles. The number of H-pyrrole nitrogens is 1. The highest BCUT2D eigenvalue weighted by molar-refractivity contribution is 5.81. The molecule has 1 aromatic carbocycles. The molecule has 0 spiro atoms. The maximum Gasteiger partial charge on any atom is 0.116 e. The molecule has 1 aliphatic rings. The second-order valence-electron chi connectivity index (χ2n) is 9.12. The quantitative estimate of drug-likeness (QED) is 0.421. The van der Waals surface area contributed by atoms with Gasteiger partial charge in [0.25, 0.3) is 0 Å². The molecule has 0 atom stereocenters. The van der Waals surface area contributed by atoms with E-state index in [9.17, 15) is 5.11 Å². The summed E-state index contributed by atoms with van der Waals surface area (Å²) in [5, 5.41) is 13.7. The number of pyridine rings is 1. The lowest BCUT2D eigenvalue weighted by Crippen LogP contribution is -2.42. The first-order valence-electron chi connectivity index (χ1n) is 11.3. The molecule has 1 saturated heterocycles. The Morgan fingerprint density at radius 2 is 1.88 bits per heavy atom. The molecule has 0 unspecified atom stereocenters. The summed E-state index contributed by atoms with van der Waals surface area (Å²) in [5.41, 5.74) is 5.42. The molecule has 0 aliphatic carbocycles. The van der Waals surface area contributed by atoms with Gasteiger partial charge in [0, 0.05) is 56.6 Å². The number of hydrogen-bond donors (Lipinski definition) is 3. The number of piperazine rings is 1. The fourth-order valence-corrected chi connectivity index (χ4v) is 4.18. The van der Waals surface area contributed by atoms with E-state index < -0.39 is 5.60 Å². The van der Waals surface area contributed by atoms with E-state index in [0.29, 0.717) is 12.1 Å². The van der Waals surface area contributed by atoms with Crippen LogP contribution in [0, 0.1) is 0 Å². The summed E-state index contributed by atoms with van der Waals surface area (Å²) in [5.74, 6) is 0.883. The number of benzene rings is 1. The minimum atomic E-state index is -1.02. The molecule has 1 fully saturated rings. The minimum absolute atomic E-state index is 0.588. The van der Waals surface area contributed by atoms with Gasteiger partial charge >= 0.3 is 0 Å². The maximum absolute atomic E-state index is 10.3. The predicted molar refractivity (Wildman–Crippen MR) is 128 cm³/mol. The molecule has 8 nitrogen and oxygen atoms in total. The molecule has 4 aromatic rings. The van der Waals surface area contributed by atoms with Crippen LogP contribution in [-0.2, 0) is 18.6 Å². The third kappa shape index (κ3) is 5.08. The van der Waals surface area contributed by atoms with Crippen molar-refractivity contribution in [2.24, 2.45) is 0 Å². The SMILES string of the molecule is CC(C)(O)c1cc(-c2ccc3nc(Cc4cc(CN5CCNCC5)ccn4)[nH]c3c2)ncn1. The van der Waals surface area contributed by atoms with Crippen molar-refractivity contribution in [1.82, 2.24) is 35.1 Å². The van der Waals surface area contributed by atoms with E-state index in [0.717, 1.165) is 66.5 Å². The van der Waals surface area contributed by atoms with Crippen molar-refractivity contribution in [2.45, 2.75) is 32.4 Å². The standard InChI is InChI=1S/C25H29N7O/c1-25(2,33)23-14-21(28-16-29-23)18-3-4-20-22(12-18)31-24(30-20)13-19-11-17(5-6-27-19)15-32-9-7-26-8-10-32/h3-6,11-12,14,16,26,33H,7-10,13,15H2,1-2H3,(H,30,31). The lowest BCUT2D eigenvalue weighted by molar-refractivity contribution is 0.0737. The van der Waals surface area contributed by atoms with Gasteiger partial charge in [0.15, 0.2) is 0 Å². The Kier molecular flexibility index (Phi) is 5.88. The van der Waals surface area contributed by atoms with Gasteiger partial charge in [-0.25, -0.2) is 15.0 Å². The molecule has 0 saturated carbocycles. The molecular weight excluding hydrogens is 414 g/mol. The van der Waals surface area contributed by atoms with Crippen LogP contribution in [0.2, 0.25) is 0 Å². The maximum atomic E-state index is 10.3. The lowest BCUT2D eigenvalue weighted by atomic mass is 10.0. The van der Waals surface area contributed by atoms with Gasteiger partial charge in [-0.15, -0.1) is 0 Å². The van der Waals surface area contributed by atoms with E-state index >= 15 is 0 Å². The molecule has 3 aromatic heterocycles. The highest BCUT2D eigenvalue weighted by Crippen LogP contribution is 2.25. The van der Waals surface area contributed by atoms with Crippen LogP contribution in [0.1, 0.15) is 36.6 Å². The number of fused-ring (bicyclic) bond motifs is 1. The number of aliphatic hydroxyl groups is 1. The molecule has 4 heterocycles. The first-order valence-corrected chi connectivity index (χ1v) is 11.3. The molecule has 8 heteroatoms. The second kappa shape index (κ2) is 8.97. The predicted octanol–water partition coefficient (Wildman–Crippen LogP) is 2.64. The first-order chi connectivity index (χ1) is 15.9. The highest BCUT2D eigenvalue weighted by Gasteiger charge is 2.19. The summed E-state index contributed by atoms with van der Waals surface area (Å²) in [6, 6.07) is 12.1. The van der Waals surface area contributed by atoms with Crippen LogP contribution in [0.15, 0.2) is 48.9 Å². The van der Waals surface area contributed by atoms with Crippen LogP contribution in [-0.4, -0.2) is 61.1 Å². The molecule has 0 amide bonds. The van der Waals surface area contributed by atoms with E-state index in [1.807, 2.05) is 30.5 Å². The molecule has 33 heavy (non-hydrogen) atoms. The summed E-state index contributed by atoms with van der Waals surface area (Å²) in [6.45, 7) is 8.64. The van der Waals surface area contributed by atoms with Gasteiger partial charge in [0.05, 0.1) is 22.4 Å². The summed E-state index contributed by atoms with van der Waals surface area (Å²) in [6.07, 6.45) is 4.03. The third-order valence-electron chi connectivity index (χ3n) is 5.97. The van der Waals surface area contributed by atoms with E-state index in [-0.39, 0.29) is 0 Å². The molecular formula is C25H29N7O. The second-order valence-corrected chi connectivity index (χ2v) is 9.12. The van der Waals surface area contributed by atoms with Gasteiger partial charge < -0.3 is 15.4 Å². The molecule has 0 radical (unpaired) electrons. The zero-order valence-corrected chi connectivity index (χ0v) is 19.0. The van der Waals surface area contributed by atoms with Gasteiger partial charge in [0.2, 0.25) is 0 Å². The third-order valence-corrected chi connectivity index (χ3v) is 5.97. The van der Waals surface area contributed by atoms with Crippen LogP contribution < -0.4 is 5.32 Å². The fraction of sp³-hybridized carbons (Fsp3) is 0.360. The van der Waals surface area contributed by atoms with Gasteiger partial charge in [-0.1, -0.05) is 6.07 Å². The Balaban J connectivity index is 1.35. The average Bonchev–Trinajstić information content (AvgIpc) is 3.21. The average molecular weight is 444 g/mol. The van der Waals surface area contributed by atoms with Crippen molar-refractivity contribution in [1.29, 1.82) is 0 Å². The summed E-state index contributed by atoms with van der Waals surface area (Å²) in [7, 11) is 0. The van der Waals surface area contributed by atoms with Gasteiger partial charge in [-0.2, -0.15) is 0 Å². The zero-order chi connectivity index (χ0) is 22.8.